The van der Waals surface area contributed by atoms with Crippen molar-refractivity contribution < 1.29 is 13.9 Å². The topological polar surface area (TPSA) is 99.9 Å². The van der Waals surface area contributed by atoms with Crippen molar-refractivity contribution in [2.45, 2.75) is 0 Å². The van der Waals surface area contributed by atoms with Crippen LogP contribution in [0.1, 0.15) is 0 Å². The van der Waals surface area contributed by atoms with Crippen molar-refractivity contribution in [3.63, 3.8) is 0 Å². The second kappa shape index (κ2) is 11.0. The number of fused-ring (bicyclic) bond motifs is 1. The third-order valence-corrected chi connectivity index (χ3v) is 5.71. The maximum atomic E-state index is 13.6. The Labute approximate surface area is 214 Å². The number of nitrogens with one attached hydrogen (secondary N) is 2. The quantitative estimate of drug-likeness (QED) is 0.313. The lowest BCUT2D eigenvalue weighted by Gasteiger charge is -2.26. The minimum absolute atomic E-state index is 0.312. The van der Waals surface area contributed by atoms with E-state index < -0.39 is 11.7 Å². The first-order valence-corrected chi connectivity index (χ1v) is 11.5. The fourth-order valence-corrected chi connectivity index (χ4v) is 3.73. The molecule has 1 amide bonds. The summed E-state index contributed by atoms with van der Waals surface area (Å²) in [5.74, 6) is -1.21. The van der Waals surface area contributed by atoms with Crippen molar-refractivity contribution in [2.75, 3.05) is 56.9 Å². The van der Waals surface area contributed by atoms with E-state index in [4.69, 9.17) is 4.74 Å². The average Bonchev–Trinajstić information content (AvgIpc) is 3.32. The lowest BCUT2D eigenvalue weighted by atomic mass is 10.2. The number of anilines is 4. The number of pyridine rings is 1. The summed E-state index contributed by atoms with van der Waals surface area (Å²) in [5, 5.41) is 10.1. The van der Waals surface area contributed by atoms with Gasteiger partial charge in [-0.2, -0.15) is 5.10 Å². The maximum absolute atomic E-state index is 13.6. The summed E-state index contributed by atoms with van der Waals surface area (Å²) < 4.78 is 21.0. The minimum atomic E-state index is -1.09. The highest BCUT2D eigenvalue weighted by Crippen LogP contribution is 2.38. The SMILES string of the molecule is C=C(F)C(=O)Nc1cc(Nc2nccc(-c3cnn4ccccc34)n2)c(OC)cc1N(C)CCN(C)C. The fourth-order valence-electron chi connectivity index (χ4n) is 3.73. The molecule has 0 radical (unpaired) electrons. The first-order chi connectivity index (χ1) is 17.8. The van der Waals surface area contributed by atoms with Crippen molar-refractivity contribution in [3.05, 3.63) is 67.4 Å². The first kappa shape index (κ1) is 25.6. The van der Waals surface area contributed by atoms with Crippen LogP contribution in [-0.2, 0) is 4.79 Å². The molecule has 1 aromatic carbocycles. The zero-order chi connectivity index (χ0) is 26.5. The summed E-state index contributed by atoms with van der Waals surface area (Å²) in [7, 11) is 7.37. The molecule has 192 valence electrons. The van der Waals surface area contributed by atoms with Crippen molar-refractivity contribution in [3.8, 4) is 17.0 Å². The van der Waals surface area contributed by atoms with Gasteiger partial charge in [-0.05, 0) is 38.4 Å². The van der Waals surface area contributed by atoms with Crippen LogP contribution in [0, 0.1) is 0 Å². The smallest absolute Gasteiger partial charge is 0.283 e. The Bertz CT molecular complexity index is 1440. The number of halogens is 1. The molecule has 4 aromatic rings. The van der Waals surface area contributed by atoms with Crippen LogP contribution in [0.15, 0.2) is 67.4 Å². The predicted molar refractivity (Wildman–Crippen MR) is 143 cm³/mol. The lowest BCUT2D eigenvalue weighted by molar-refractivity contribution is -0.114. The summed E-state index contributed by atoms with van der Waals surface area (Å²) in [6.07, 6.45) is 5.25. The summed E-state index contributed by atoms with van der Waals surface area (Å²) >= 11 is 0. The molecule has 4 rings (SSSR count). The van der Waals surface area contributed by atoms with Crippen LogP contribution in [0.5, 0.6) is 5.75 Å². The third kappa shape index (κ3) is 5.84. The molecule has 0 saturated heterocycles. The highest BCUT2D eigenvalue weighted by Gasteiger charge is 2.18. The van der Waals surface area contributed by atoms with E-state index >= 15 is 0 Å². The highest BCUT2D eigenvalue weighted by molar-refractivity contribution is 6.04. The zero-order valence-corrected chi connectivity index (χ0v) is 21.2. The number of carbonyl (C=O) groups excluding carboxylic acids is 1. The Morgan fingerprint density at radius 1 is 1.16 bits per heavy atom. The van der Waals surface area contributed by atoms with Crippen molar-refractivity contribution >= 4 is 34.4 Å². The molecule has 0 saturated carbocycles. The summed E-state index contributed by atoms with van der Waals surface area (Å²) in [4.78, 5) is 25.2. The number of rotatable bonds is 10. The molecule has 0 aliphatic carbocycles. The van der Waals surface area contributed by atoms with Gasteiger partial charge in [-0.3, -0.25) is 4.79 Å². The first-order valence-electron chi connectivity index (χ1n) is 11.5. The van der Waals surface area contributed by atoms with Gasteiger partial charge in [0.25, 0.3) is 5.91 Å². The number of aromatic nitrogens is 4. The van der Waals surface area contributed by atoms with E-state index in [9.17, 15) is 9.18 Å². The number of methoxy groups -OCH3 is 1. The molecule has 0 bridgehead atoms. The second-order valence-electron chi connectivity index (χ2n) is 8.63. The summed E-state index contributed by atoms with van der Waals surface area (Å²) in [5.41, 5.74) is 3.97. The van der Waals surface area contributed by atoms with Gasteiger partial charge in [0.15, 0.2) is 5.83 Å². The van der Waals surface area contributed by atoms with Crippen molar-refractivity contribution in [2.24, 2.45) is 0 Å². The van der Waals surface area contributed by atoms with E-state index in [-0.39, 0.29) is 0 Å². The number of ether oxygens (including phenoxy) is 1. The molecule has 37 heavy (non-hydrogen) atoms. The van der Waals surface area contributed by atoms with Crippen molar-refractivity contribution in [1.29, 1.82) is 0 Å². The van der Waals surface area contributed by atoms with Crippen LogP contribution >= 0.6 is 0 Å². The molecular weight excluding hydrogens is 475 g/mol. The predicted octanol–water partition coefficient (Wildman–Crippen LogP) is 3.96. The van der Waals surface area contributed by atoms with Crippen LogP contribution in [0.25, 0.3) is 16.8 Å². The largest absolute Gasteiger partial charge is 0.494 e. The van der Waals surface area contributed by atoms with Gasteiger partial charge in [-0.1, -0.05) is 12.6 Å². The molecule has 0 aliphatic rings. The van der Waals surface area contributed by atoms with E-state index in [1.165, 1.54) is 0 Å². The molecule has 11 heteroatoms. The maximum Gasteiger partial charge on any atom is 0.283 e. The Morgan fingerprint density at radius 3 is 2.70 bits per heavy atom. The molecule has 3 aromatic heterocycles. The molecule has 0 aliphatic heterocycles. The van der Waals surface area contributed by atoms with Crippen LogP contribution in [0.3, 0.4) is 0 Å². The zero-order valence-electron chi connectivity index (χ0n) is 21.2. The van der Waals surface area contributed by atoms with Crippen LogP contribution in [-0.4, -0.2) is 71.7 Å². The third-order valence-electron chi connectivity index (χ3n) is 5.71. The van der Waals surface area contributed by atoms with Crippen LogP contribution < -0.4 is 20.3 Å². The van der Waals surface area contributed by atoms with Gasteiger partial charge in [-0.25, -0.2) is 18.9 Å². The number of amides is 1. The van der Waals surface area contributed by atoms with E-state index in [1.54, 1.807) is 42.2 Å². The molecule has 0 atom stereocenters. The normalized spacial score (nSPS) is 11.0. The number of nitrogens with zero attached hydrogens (tertiary/aromatic N) is 6. The molecule has 10 nitrogen and oxygen atoms in total. The molecular formula is C26H29FN8O2. The van der Waals surface area contributed by atoms with Gasteiger partial charge in [0.1, 0.15) is 5.75 Å². The van der Waals surface area contributed by atoms with Gasteiger partial charge in [0.05, 0.1) is 41.6 Å². The van der Waals surface area contributed by atoms with Gasteiger partial charge in [0.2, 0.25) is 5.95 Å². The highest BCUT2D eigenvalue weighted by atomic mass is 19.1. The fraction of sp³-hybridized carbons (Fsp3) is 0.231. The molecule has 0 fully saturated rings. The molecule has 0 spiro atoms. The second-order valence-corrected chi connectivity index (χ2v) is 8.63. The lowest BCUT2D eigenvalue weighted by Crippen LogP contribution is -2.29. The Balaban J connectivity index is 1.70. The van der Waals surface area contributed by atoms with Crippen LogP contribution in [0.4, 0.5) is 27.4 Å². The number of hydrogen-bond donors (Lipinski definition) is 2. The summed E-state index contributed by atoms with van der Waals surface area (Å²) in [6.45, 7) is 4.53. The minimum Gasteiger partial charge on any atom is -0.494 e. The van der Waals surface area contributed by atoms with Gasteiger partial charge in [0, 0.05) is 44.2 Å². The Hall–Kier alpha value is -4.51. The monoisotopic (exact) mass is 504 g/mol. The van der Waals surface area contributed by atoms with Gasteiger partial charge in [-0.15, -0.1) is 0 Å². The van der Waals surface area contributed by atoms with E-state index in [2.05, 4.69) is 32.3 Å². The number of hydrogen-bond acceptors (Lipinski definition) is 8. The number of benzene rings is 1. The number of carbonyl (C=O) groups is 1. The van der Waals surface area contributed by atoms with Gasteiger partial charge >= 0.3 is 0 Å². The van der Waals surface area contributed by atoms with E-state index in [1.807, 2.05) is 55.3 Å². The Kier molecular flexibility index (Phi) is 7.63. The number of likely N-dealkylation sites (N-methyl/N-ethyl adjacent to an activating group) is 2. The van der Waals surface area contributed by atoms with E-state index in [0.29, 0.717) is 41.0 Å². The molecule has 3 heterocycles. The standard InChI is InChI=1S/C26H29FN8O2/c1-17(27)25(36)30-20-14-21(24(37-5)15-23(20)34(4)13-12-33(2)3)32-26-28-10-9-19(31-26)18-16-29-35-11-7-6-8-22(18)35/h6-11,14-16H,1,12-13H2,2-5H3,(H,30,36)(H,28,31,32). The van der Waals surface area contributed by atoms with E-state index in [0.717, 1.165) is 17.6 Å². The van der Waals surface area contributed by atoms with Crippen LogP contribution in [0.2, 0.25) is 0 Å². The molecule has 0 unspecified atom stereocenters. The van der Waals surface area contributed by atoms with Crippen molar-refractivity contribution in [1.82, 2.24) is 24.5 Å². The summed E-state index contributed by atoms with van der Waals surface area (Å²) in [6, 6.07) is 11.0. The average molecular weight is 505 g/mol. The molecule has 2 N–H and O–H groups in total. The van der Waals surface area contributed by atoms with Gasteiger partial charge < -0.3 is 25.2 Å². The Morgan fingerprint density at radius 2 is 1.97 bits per heavy atom.